The average Bonchev–Trinajstić information content (AvgIpc) is 2.37. The van der Waals surface area contributed by atoms with Crippen LogP contribution in [0.2, 0.25) is 0 Å². The summed E-state index contributed by atoms with van der Waals surface area (Å²) in [5.41, 5.74) is 1.13. The number of carboxylic acid groups (broad SMARTS) is 1. The van der Waals surface area contributed by atoms with Crippen LogP contribution in [0, 0.1) is 0 Å². The van der Waals surface area contributed by atoms with Crippen molar-refractivity contribution in [3.63, 3.8) is 0 Å². The molecule has 3 N–H and O–H groups in total. The molecule has 0 saturated carbocycles. The van der Waals surface area contributed by atoms with Crippen LogP contribution in [0.1, 0.15) is 29.3 Å². The number of hydrogen-bond donors (Lipinski definition) is 3. The van der Waals surface area contributed by atoms with E-state index in [0.29, 0.717) is 19.5 Å². The number of rotatable bonds is 7. The van der Waals surface area contributed by atoms with Gasteiger partial charge in [-0.25, -0.2) is 4.79 Å². The Hall–Kier alpha value is -1.88. The number of carbonyl (C=O) groups is 2. The van der Waals surface area contributed by atoms with E-state index in [0.717, 1.165) is 12.1 Å². The van der Waals surface area contributed by atoms with E-state index < -0.39 is 5.97 Å². The lowest BCUT2D eigenvalue weighted by Crippen LogP contribution is -2.27. The molecule has 1 amide bonds. The molecule has 0 heterocycles. The molecular weight excluding hydrogens is 232 g/mol. The molecule has 5 nitrogen and oxygen atoms in total. The summed E-state index contributed by atoms with van der Waals surface area (Å²) in [6, 6.07) is 6.47. The van der Waals surface area contributed by atoms with E-state index in [1.807, 2.05) is 6.92 Å². The van der Waals surface area contributed by atoms with Crippen LogP contribution in [0.4, 0.5) is 0 Å². The molecule has 0 atom stereocenters. The maximum atomic E-state index is 11.4. The maximum absolute atomic E-state index is 11.4. The number of amides is 1. The fraction of sp³-hybridized carbons (Fsp3) is 0.385. The number of benzene rings is 1. The van der Waals surface area contributed by atoms with Gasteiger partial charge < -0.3 is 15.7 Å². The summed E-state index contributed by atoms with van der Waals surface area (Å²) in [6.07, 6.45) is 0.445. The molecule has 98 valence electrons. The second kappa shape index (κ2) is 7.45. The highest BCUT2D eigenvalue weighted by atomic mass is 16.4. The zero-order valence-corrected chi connectivity index (χ0v) is 10.4. The van der Waals surface area contributed by atoms with Crippen LogP contribution in [0.25, 0.3) is 0 Å². The summed E-state index contributed by atoms with van der Waals surface area (Å²) in [7, 11) is 0. The summed E-state index contributed by atoms with van der Waals surface area (Å²) in [5.74, 6) is -0.963. The minimum absolute atomic E-state index is 0.0155. The molecule has 0 aliphatic heterocycles. The summed E-state index contributed by atoms with van der Waals surface area (Å²) in [4.78, 5) is 22.1. The largest absolute Gasteiger partial charge is 0.478 e. The first-order chi connectivity index (χ1) is 8.63. The van der Waals surface area contributed by atoms with Crippen molar-refractivity contribution in [1.29, 1.82) is 0 Å². The minimum Gasteiger partial charge on any atom is -0.478 e. The Bertz CT molecular complexity index is 401. The van der Waals surface area contributed by atoms with Crippen LogP contribution in [0.3, 0.4) is 0 Å². The van der Waals surface area contributed by atoms with Gasteiger partial charge >= 0.3 is 5.97 Å². The highest BCUT2D eigenvalue weighted by Crippen LogP contribution is 2.04. The molecule has 5 heteroatoms. The van der Waals surface area contributed by atoms with Crippen LogP contribution in [0.15, 0.2) is 24.3 Å². The first-order valence-corrected chi connectivity index (χ1v) is 5.93. The summed E-state index contributed by atoms with van der Waals surface area (Å²) >= 11 is 0. The van der Waals surface area contributed by atoms with Crippen molar-refractivity contribution < 1.29 is 14.7 Å². The molecule has 0 fully saturated rings. The van der Waals surface area contributed by atoms with Gasteiger partial charge in [0.15, 0.2) is 0 Å². The minimum atomic E-state index is -0.948. The van der Waals surface area contributed by atoms with Crippen LogP contribution >= 0.6 is 0 Å². The van der Waals surface area contributed by atoms with Gasteiger partial charge in [-0.05, 0) is 24.2 Å². The molecule has 0 spiro atoms. The standard InChI is InChI=1S/C13H18N2O3/c1-2-14-8-7-12(16)15-9-10-3-5-11(6-4-10)13(17)18/h3-6,14H,2,7-9H2,1H3,(H,15,16)(H,17,18). The third-order valence-electron chi connectivity index (χ3n) is 2.47. The monoisotopic (exact) mass is 250 g/mol. The van der Waals surface area contributed by atoms with E-state index in [1.54, 1.807) is 12.1 Å². The van der Waals surface area contributed by atoms with Crippen molar-refractivity contribution in [2.24, 2.45) is 0 Å². The topological polar surface area (TPSA) is 78.4 Å². The molecule has 0 unspecified atom stereocenters. The van der Waals surface area contributed by atoms with Gasteiger partial charge in [0.05, 0.1) is 5.56 Å². The second-order valence-electron chi connectivity index (χ2n) is 3.88. The number of carbonyl (C=O) groups excluding carboxylic acids is 1. The number of hydrogen-bond acceptors (Lipinski definition) is 3. The highest BCUT2D eigenvalue weighted by Gasteiger charge is 2.03. The molecule has 1 aromatic carbocycles. The summed E-state index contributed by atoms with van der Waals surface area (Å²) in [6.45, 7) is 3.93. The lowest BCUT2D eigenvalue weighted by atomic mass is 10.1. The van der Waals surface area contributed by atoms with E-state index >= 15 is 0 Å². The second-order valence-corrected chi connectivity index (χ2v) is 3.88. The van der Waals surface area contributed by atoms with Crippen molar-refractivity contribution in [2.45, 2.75) is 19.9 Å². The third-order valence-corrected chi connectivity index (χ3v) is 2.47. The molecule has 0 radical (unpaired) electrons. The van der Waals surface area contributed by atoms with Gasteiger partial charge in [0.2, 0.25) is 5.91 Å². The summed E-state index contributed by atoms with van der Waals surface area (Å²) in [5, 5.41) is 14.6. The Morgan fingerprint density at radius 1 is 1.22 bits per heavy atom. The Morgan fingerprint density at radius 2 is 1.89 bits per heavy atom. The number of nitrogens with one attached hydrogen (secondary N) is 2. The van der Waals surface area contributed by atoms with Crippen molar-refractivity contribution in [3.8, 4) is 0 Å². The zero-order valence-electron chi connectivity index (χ0n) is 10.4. The molecule has 0 aliphatic carbocycles. The average molecular weight is 250 g/mol. The molecule has 1 aromatic rings. The Balaban J connectivity index is 2.34. The van der Waals surface area contributed by atoms with Crippen LogP contribution in [-0.4, -0.2) is 30.1 Å². The van der Waals surface area contributed by atoms with Gasteiger partial charge in [0, 0.05) is 19.5 Å². The van der Waals surface area contributed by atoms with Gasteiger partial charge in [0.1, 0.15) is 0 Å². The molecular formula is C13H18N2O3. The maximum Gasteiger partial charge on any atom is 0.335 e. The SMILES string of the molecule is CCNCCC(=O)NCc1ccc(C(=O)O)cc1. The van der Waals surface area contributed by atoms with E-state index in [9.17, 15) is 9.59 Å². The van der Waals surface area contributed by atoms with Crippen molar-refractivity contribution in [3.05, 3.63) is 35.4 Å². The number of carboxylic acids is 1. The lowest BCUT2D eigenvalue weighted by molar-refractivity contribution is -0.121. The Kier molecular flexibility index (Phi) is 5.87. The summed E-state index contributed by atoms with van der Waals surface area (Å²) < 4.78 is 0. The lowest BCUT2D eigenvalue weighted by Gasteiger charge is -2.06. The predicted octanol–water partition coefficient (Wildman–Crippen LogP) is 1.00. The Morgan fingerprint density at radius 3 is 2.44 bits per heavy atom. The van der Waals surface area contributed by atoms with Crippen molar-refractivity contribution >= 4 is 11.9 Å². The van der Waals surface area contributed by atoms with Gasteiger partial charge in [-0.3, -0.25) is 4.79 Å². The first kappa shape index (κ1) is 14.2. The third kappa shape index (κ3) is 4.97. The Labute approximate surface area is 106 Å². The molecule has 0 aromatic heterocycles. The zero-order chi connectivity index (χ0) is 13.4. The van der Waals surface area contributed by atoms with Crippen LogP contribution in [0.5, 0.6) is 0 Å². The van der Waals surface area contributed by atoms with E-state index in [2.05, 4.69) is 10.6 Å². The molecule has 0 bridgehead atoms. The van der Waals surface area contributed by atoms with E-state index in [1.165, 1.54) is 12.1 Å². The predicted molar refractivity (Wildman–Crippen MR) is 68.4 cm³/mol. The smallest absolute Gasteiger partial charge is 0.335 e. The normalized spacial score (nSPS) is 10.1. The van der Waals surface area contributed by atoms with Gasteiger partial charge in [-0.2, -0.15) is 0 Å². The highest BCUT2D eigenvalue weighted by molar-refractivity contribution is 5.87. The fourth-order valence-corrected chi connectivity index (χ4v) is 1.43. The van der Waals surface area contributed by atoms with E-state index in [4.69, 9.17) is 5.11 Å². The quantitative estimate of drug-likeness (QED) is 0.631. The van der Waals surface area contributed by atoms with E-state index in [-0.39, 0.29) is 11.5 Å². The van der Waals surface area contributed by atoms with Gasteiger partial charge in [-0.15, -0.1) is 0 Å². The molecule has 1 rings (SSSR count). The molecule has 0 saturated heterocycles. The van der Waals surface area contributed by atoms with Crippen molar-refractivity contribution in [2.75, 3.05) is 13.1 Å². The van der Waals surface area contributed by atoms with Gasteiger partial charge in [0.25, 0.3) is 0 Å². The number of aromatic carboxylic acids is 1. The first-order valence-electron chi connectivity index (χ1n) is 5.93. The van der Waals surface area contributed by atoms with Crippen LogP contribution < -0.4 is 10.6 Å². The van der Waals surface area contributed by atoms with Crippen LogP contribution in [-0.2, 0) is 11.3 Å². The van der Waals surface area contributed by atoms with Gasteiger partial charge in [-0.1, -0.05) is 19.1 Å². The molecule has 0 aliphatic rings. The fourth-order valence-electron chi connectivity index (χ4n) is 1.43. The van der Waals surface area contributed by atoms with Crippen molar-refractivity contribution in [1.82, 2.24) is 10.6 Å². The molecule has 18 heavy (non-hydrogen) atoms.